The summed E-state index contributed by atoms with van der Waals surface area (Å²) in [6.45, 7) is 6.05. The van der Waals surface area contributed by atoms with Gasteiger partial charge >= 0.3 is 0 Å². The third-order valence-corrected chi connectivity index (χ3v) is 2.56. The lowest BCUT2D eigenvalue weighted by molar-refractivity contribution is -0.118. The number of rotatable bonds is 5. The van der Waals surface area contributed by atoms with E-state index in [0.717, 1.165) is 17.9 Å². The minimum atomic E-state index is -0.189. The number of benzene rings is 1. The summed E-state index contributed by atoms with van der Waals surface area (Å²) >= 11 is 0. The fraction of sp³-hybridized carbons (Fsp3) is 0.385. The third-order valence-electron chi connectivity index (χ3n) is 2.56. The fourth-order valence-corrected chi connectivity index (χ4v) is 1.67. The number of carbonyl (C=O) groups is 1. The summed E-state index contributed by atoms with van der Waals surface area (Å²) in [7, 11) is 0. The molecule has 2 N–H and O–H groups in total. The molecule has 96 valence electrons. The molecule has 1 rings (SSSR count). The quantitative estimate of drug-likeness (QED) is 0.778. The van der Waals surface area contributed by atoms with E-state index < -0.39 is 0 Å². The van der Waals surface area contributed by atoms with Gasteiger partial charge in [-0.05, 0) is 32.0 Å². The zero-order valence-corrected chi connectivity index (χ0v) is 10.9. The van der Waals surface area contributed by atoms with E-state index in [1.54, 1.807) is 0 Å². The van der Waals surface area contributed by atoms with E-state index in [4.69, 9.17) is 5.26 Å². The van der Waals surface area contributed by atoms with Crippen LogP contribution in [0.15, 0.2) is 24.3 Å². The Kier molecular flexibility index (Phi) is 5.00. The van der Waals surface area contributed by atoms with Crippen molar-refractivity contribution in [3.63, 3.8) is 0 Å². The summed E-state index contributed by atoms with van der Waals surface area (Å²) in [6, 6.07) is 9.60. The lowest BCUT2D eigenvalue weighted by Gasteiger charge is -2.26. The van der Waals surface area contributed by atoms with Crippen LogP contribution in [0.3, 0.4) is 0 Å². The molecular weight excluding hydrogens is 228 g/mol. The Morgan fingerprint density at radius 2 is 2.28 bits per heavy atom. The lowest BCUT2D eigenvalue weighted by Crippen LogP contribution is -2.32. The van der Waals surface area contributed by atoms with Gasteiger partial charge in [-0.1, -0.05) is 6.07 Å². The van der Waals surface area contributed by atoms with Crippen molar-refractivity contribution in [2.45, 2.75) is 26.8 Å². The van der Waals surface area contributed by atoms with Crippen molar-refractivity contribution in [2.24, 2.45) is 0 Å². The van der Waals surface area contributed by atoms with E-state index in [1.165, 1.54) is 6.92 Å². The number of nitriles is 1. The molecule has 5 heteroatoms. The number of amides is 1. The van der Waals surface area contributed by atoms with Crippen LogP contribution in [0.5, 0.6) is 0 Å². The number of nitrogens with zero attached hydrogens (tertiary/aromatic N) is 2. The summed E-state index contributed by atoms with van der Waals surface area (Å²) in [5, 5.41) is 8.98. The highest BCUT2D eigenvalue weighted by atomic mass is 16.2. The van der Waals surface area contributed by atoms with Gasteiger partial charge in [-0.3, -0.25) is 15.6 Å². The van der Waals surface area contributed by atoms with Crippen molar-refractivity contribution in [1.82, 2.24) is 5.43 Å². The highest BCUT2D eigenvalue weighted by molar-refractivity contribution is 5.74. The molecule has 18 heavy (non-hydrogen) atoms. The summed E-state index contributed by atoms with van der Waals surface area (Å²) in [5.74, 6) is -0.154. The fourth-order valence-electron chi connectivity index (χ4n) is 1.67. The molecule has 0 heterocycles. The maximum atomic E-state index is 10.8. The molecule has 0 saturated carbocycles. The van der Waals surface area contributed by atoms with Crippen LogP contribution in [-0.4, -0.2) is 18.5 Å². The third kappa shape index (κ3) is 3.67. The molecule has 1 aromatic rings. The molecular formula is C13H18N4O. The zero-order valence-electron chi connectivity index (χ0n) is 10.9. The van der Waals surface area contributed by atoms with E-state index in [1.807, 2.05) is 43.0 Å². The van der Waals surface area contributed by atoms with Crippen LogP contribution < -0.4 is 15.8 Å². The number of hydrazine groups is 1. The highest BCUT2D eigenvalue weighted by Gasteiger charge is 2.11. The van der Waals surface area contributed by atoms with Crippen LogP contribution in [0.2, 0.25) is 0 Å². The Morgan fingerprint density at radius 3 is 2.83 bits per heavy atom. The Bertz CT molecular complexity index is 453. The molecule has 1 unspecified atom stereocenters. The van der Waals surface area contributed by atoms with Crippen LogP contribution >= 0.6 is 0 Å². The minimum absolute atomic E-state index is 0.154. The predicted molar refractivity (Wildman–Crippen MR) is 72.0 cm³/mol. The molecule has 1 amide bonds. The van der Waals surface area contributed by atoms with Crippen molar-refractivity contribution >= 4 is 17.3 Å². The van der Waals surface area contributed by atoms with Gasteiger partial charge in [0.1, 0.15) is 6.04 Å². The molecule has 0 bridgehead atoms. The Hall–Kier alpha value is -2.22. The first-order valence-corrected chi connectivity index (χ1v) is 5.87. The summed E-state index contributed by atoms with van der Waals surface area (Å²) in [6.07, 6.45) is 0. The molecule has 5 nitrogen and oxygen atoms in total. The standard InChI is InChI=1S/C13H18N4O/c1-4-17(10(2)9-14)13-7-5-6-12(8-13)16-15-11(3)18/h5-8,10,16H,4H2,1-3H3,(H,15,18). The van der Waals surface area contributed by atoms with Gasteiger partial charge in [-0.2, -0.15) is 5.26 Å². The van der Waals surface area contributed by atoms with Gasteiger partial charge in [0.05, 0.1) is 11.8 Å². The Labute approximate surface area is 107 Å². The molecule has 0 saturated heterocycles. The van der Waals surface area contributed by atoms with Gasteiger partial charge < -0.3 is 4.90 Å². The maximum absolute atomic E-state index is 10.8. The second-order valence-electron chi connectivity index (χ2n) is 3.95. The zero-order chi connectivity index (χ0) is 13.5. The number of nitrogens with one attached hydrogen (secondary N) is 2. The molecule has 0 aliphatic heterocycles. The molecule has 0 aliphatic rings. The molecule has 0 aromatic heterocycles. The van der Waals surface area contributed by atoms with E-state index in [9.17, 15) is 4.79 Å². The first kappa shape index (κ1) is 13.8. The topological polar surface area (TPSA) is 68.2 Å². The van der Waals surface area contributed by atoms with Crippen molar-refractivity contribution in [1.29, 1.82) is 5.26 Å². The van der Waals surface area contributed by atoms with Gasteiger partial charge in [0.25, 0.3) is 0 Å². The van der Waals surface area contributed by atoms with Gasteiger partial charge in [0.15, 0.2) is 0 Å². The Balaban J connectivity index is 2.86. The summed E-state index contributed by atoms with van der Waals surface area (Å²) in [4.78, 5) is 12.8. The van der Waals surface area contributed by atoms with E-state index >= 15 is 0 Å². The van der Waals surface area contributed by atoms with Crippen LogP contribution in [-0.2, 0) is 4.79 Å². The number of carbonyl (C=O) groups excluding carboxylic acids is 1. The van der Waals surface area contributed by atoms with Crippen LogP contribution in [0, 0.1) is 11.3 Å². The average Bonchev–Trinajstić information content (AvgIpc) is 2.37. The summed E-state index contributed by atoms with van der Waals surface area (Å²) in [5.41, 5.74) is 7.06. The molecule has 0 fully saturated rings. The first-order chi connectivity index (χ1) is 8.58. The van der Waals surface area contributed by atoms with E-state index in [-0.39, 0.29) is 11.9 Å². The molecule has 1 atom stereocenters. The average molecular weight is 246 g/mol. The van der Waals surface area contributed by atoms with Crippen molar-refractivity contribution in [3.05, 3.63) is 24.3 Å². The molecule has 1 aromatic carbocycles. The molecule has 0 radical (unpaired) electrons. The van der Waals surface area contributed by atoms with Crippen LogP contribution in [0.4, 0.5) is 11.4 Å². The normalized spacial score (nSPS) is 11.2. The maximum Gasteiger partial charge on any atom is 0.235 e. The second-order valence-corrected chi connectivity index (χ2v) is 3.95. The van der Waals surface area contributed by atoms with Crippen molar-refractivity contribution in [2.75, 3.05) is 16.9 Å². The predicted octanol–water partition coefficient (Wildman–Crippen LogP) is 1.89. The SMILES string of the molecule is CCN(c1cccc(NNC(C)=O)c1)C(C)C#N. The minimum Gasteiger partial charge on any atom is -0.356 e. The number of hydrogen-bond acceptors (Lipinski definition) is 4. The lowest BCUT2D eigenvalue weighted by atomic mass is 10.2. The highest BCUT2D eigenvalue weighted by Crippen LogP contribution is 2.20. The Morgan fingerprint density at radius 1 is 1.56 bits per heavy atom. The van der Waals surface area contributed by atoms with E-state index in [0.29, 0.717) is 0 Å². The van der Waals surface area contributed by atoms with E-state index in [2.05, 4.69) is 16.9 Å². The van der Waals surface area contributed by atoms with Gasteiger partial charge in [0, 0.05) is 19.2 Å². The van der Waals surface area contributed by atoms with Crippen LogP contribution in [0.25, 0.3) is 0 Å². The molecule has 0 spiro atoms. The van der Waals surface area contributed by atoms with Crippen molar-refractivity contribution < 1.29 is 4.79 Å². The van der Waals surface area contributed by atoms with Gasteiger partial charge in [-0.25, -0.2) is 0 Å². The smallest absolute Gasteiger partial charge is 0.235 e. The van der Waals surface area contributed by atoms with Crippen LogP contribution in [0.1, 0.15) is 20.8 Å². The van der Waals surface area contributed by atoms with Gasteiger partial charge in [-0.15, -0.1) is 0 Å². The first-order valence-electron chi connectivity index (χ1n) is 5.87. The largest absolute Gasteiger partial charge is 0.356 e. The number of hydrogen-bond donors (Lipinski definition) is 2. The van der Waals surface area contributed by atoms with Gasteiger partial charge in [0.2, 0.25) is 5.91 Å². The molecule has 0 aliphatic carbocycles. The second kappa shape index (κ2) is 6.50. The summed E-state index contributed by atoms with van der Waals surface area (Å²) < 4.78 is 0. The number of anilines is 2. The monoisotopic (exact) mass is 246 g/mol. The van der Waals surface area contributed by atoms with Crippen molar-refractivity contribution in [3.8, 4) is 6.07 Å².